The summed E-state index contributed by atoms with van der Waals surface area (Å²) in [5.41, 5.74) is 8.92. The number of hydrogen-bond acceptors (Lipinski definition) is 6. The molecule has 0 unspecified atom stereocenters. The minimum Gasteiger partial charge on any atom is -0.453 e. The zero-order valence-corrected chi connectivity index (χ0v) is 26.5. The number of nitrogens with zero attached hydrogens (tertiary/aromatic N) is 3. The van der Waals surface area contributed by atoms with E-state index in [9.17, 15) is 8.42 Å². The third-order valence-corrected chi connectivity index (χ3v) is 10.8. The Balaban J connectivity index is 1.30. The van der Waals surface area contributed by atoms with Crippen molar-refractivity contribution in [2.75, 3.05) is 9.80 Å². The molecule has 0 spiro atoms. The van der Waals surface area contributed by atoms with Crippen molar-refractivity contribution in [1.29, 1.82) is 0 Å². The van der Waals surface area contributed by atoms with Gasteiger partial charge in [-0.3, -0.25) is 4.98 Å². The second-order valence-corrected chi connectivity index (χ2v) is 14.1. The maximum atomic E-state index is 13.5. The topological polar surface area (TPSA) is 62.7 Å². The zero-order chi connectivity index (χ0) is 31.6. The maximum Gasteiger partial charge on any atom is 0.208 e. The van der Waals surface area contributed by atoms with Crippen LogP contribution in [0.4, 0.5) is 34.1 Å². The number of aryl methyl sites for hydroxylation is 1. The van der Waals surface area contributed by atoms with Gasteiger partial charge in [-0.15, -0.1) is 0 Å². The Hall–Kier alpha value is -5.40. The van der Waals surface area contributed by atoms with Gasteiger partial charge in [0.25, 0.3) is 0 Å². The van der Waals surface area contributed by atoms with Gasteiger partial charge in [0.15, 0.2) is 11.5 Å². The van der Waals surface area contributed by atoms with Crippen LogP contribution in [0.5, 0.6) is 11.5 Å². The third-order valence-electron chi connectivity index (χ3n) is 9.07. The highest BCUT2D eigenvalue weighted by Gasteiger charge is 2.38. The molecule has 5 aromatic carbocycles. The molecule has 2 aliphatic heterocycles. The van der Waals surface area contributed by atoms with E-state index in [1.807, 2.05) is 49.4 Å². The van der Waals surface area contributed by atoms with E-state index in [1.54, 1.807) is 30.5 Å². The van der Waals surface area contributed by atoms with E-state index >= 15 is 0 Å². The highest BCUT2D eigenvalue weighted by Crippen LogP contribution is 2.55. The van der Waals surface area contributed by atoms with Gasteiger partial charge in [-0.2, -0.15) is 0 Å². The summed E-state index contributed by atoms with van der Waals surface area (Å²) in [4.78, 5) is 8.97. The number of rotatable bonds is 4. The smallest absolute Gasteiger partial charge is 0.208 e. The Morgan fingerprint density at radius 3 is 1.91 bits per heavy atom. The minimum atomic E-state index is -3.71. The molecule has 0 aliphatic carbocycles. The fourth-order valence-corrected chi connectivity index (χ4v) is 8.07. The number of sulfone groups is 1. The summed E-state index contributed by atoms with van der Waals surface area (Å²) >= 11 is 0. The van der Waals surface area contributed by atoms with Crippen LogP contribution in [0.15, 0.2) is 144 Å². The number of aromatic nitrogens is 1. The molecule has 0 saturated heterocycles. The Morgan fingerprint density at radius 1 is 0.609 bits per heavy atom. The van der Waals surface area contributed by atoms with E-state index in [4.69, 9.17) is 4.74 Å². The van der Waals surface area contributed by atoms with Crippen molar-refractivity contribution >= 4 is 44.0 Å². The number of para-hydroxylation sites is 5. The van der Waals surface area contributed by atoms with Crippen LogP contribution < -0.4 is 14.5 Å². The van der Waals surface area contributed by atoms with Gasteiger partial charge in [-0.25, -0.2) is 8.42 Å². The molecule has 0 fully saturated rings. The first-order valence-corrected chi connectivity index (χ1v) is 16.7. The van der Waals surface area contributed by atoms with Gasteiger partial charge in [-0.1, -0.05) is 56.3 Å². The van der Waals surface area contributed by atoms with Crippen molar-refractivity contribution in [2.24, 2.45) is 0 Å². The molecule has 46 heavy (non-hydrogen) atoms. The van der Waals surface area contributed by atoms with Gasteiger partial charge in [0.2, 0.25) is 9.84 Å². The molecule has 226 valence electrons. The van der Waals surface area contributed by atoms with Crippen LogP contribution in [-0.2, 0) is 15.3 Å². The second kappa shape index (κ2) is 10.3. The van der Waals surface area contributed by atoms with E-state index in [2.05, 4.69) is 83.2 Å². The van der Waals surface area contributed by atoms with Gasteiger partial charge in [0.1, 0.15) is 0 Å². The first-order chi connectivity index (χ1) is 22.2. The van der Waals surface area contributed by atoms with E-state index in [0.717, 1.165) is 56.8 Å². The average Bonchev–Trinajstić information content (AvgIpc) is 3.08. The Bertz CT molecular complexity index is 2220. The van der Waals surface area contributed by atoms with Crippen molar-refractivity contribution in [3.05, 3.63) is 150 Å². The number of hydrogen-bond donors (Lipinski definition) is 0. The molecule has 0 N–H and O–H groups in total. The molecule has 6 nitrogen and oxygen atoms in total. The summed E-state index contributed by atoms with van der Waals surface area (Å²) in [5, 5.41) is 0. The highest BCUT2D eigenvalue weighted by molar-refractivity contribution is 7.91. The first-order valence-electron chi connectivity index (χ1n) is 15.2. The number of fused-ring (bicyclic) bond motifs is 4. The standard InChI is InChI=1S/C39H31N3O3S/c1-26-23-28(46(43,44)29-11-10-22-40-25-29)19-21-32(26)42-33-13-5-4-12-30(33)39(2,3)31-24-27(18-20-34(31)42)41-35-14-6-8-16-37(35)45-38-17-9-7-15-36(38)41/h4-25H,1-3H3. The molecular formula is C39H31N3O3S. The Morgan fingerprint density at radius 2 is 1.24 bits per heavy atom. The fourth-order valence-electron chi connectivity index (χ4n) is 6.76. The van der Waals surface area contributed by atoms with E-state index in [1.165, 1.54) is 11.8 Å². The molecule has 1 aromatic heterocycles. The quantitative estimate of drug-likeness (QED) is 0.195. The molecule has 0 saturated carbocycles. The summed E-state index contributed by atoms with van der Waals surface area (Å²) in [6.07, 6.45) is 2.96. The van der Waals surface area contributed by atoms with Crippen molar-refractivity contribution in [3.63, 3.8) is 0 Å². The minimum absolute atomic E-state index is 0.177. The lowest BCUT2D eigenvalue weighted by molar-refractivity contribution is 0.477. The molecule has 7 heteroatoms. The number of ether oxygens (including phenoxy) is 1. The molecular weight excluding hydrogens is 591 g/mol. The molecule has 0 radical (unpaired) electrons. The third kappa shape index (κ3) is 4.23. The monoisotopic (exact) mass is 621 g/mol. The fraction of sp³-hybridized carbons (Fsp3) is 0.103. The molecule has 3 heterocycles. The van der Waals surface area contributed by atoms with Crippen LogP contribution in [0.3, 0.4) is 0 Å². The van der Waals surface area contributed by atoms with Gasteiger partial charge in [0, 0.05) is 29.2 Å². The molecule has 0 amide bonds. The zero-order valence-electron chi connectivity index (χ0n) is 25.7. The molecule has 0 atom stereocenters. The number of anilines is 6. The average molecular weight is 622 g/mol. The van der Waals surface area contributed by atoms with Gasteiger partial charge < -0.3 is 14.5 Å². The molecule has 0 bridgehead atoms. The lowest BCUT2D eigenvalue weighted by atomic mass is 9.73. The van der Waals surface area contributed by atoms with E-state index in [0.29, 0.717) is 0 Å². The highest BCUT2D eigenvalue weighted by atomic mass is 32.2. The second-order valence-electron chi connectivity index (χ2n) is 12.2. The predicted molar refractivity (Wildman–Crippen MR) is 182 cm³/mol. The van der Waals surface area contributed by atoms with Crippen LogP contribution in [0.25, 0.3) is 0 Å². The lowest BCUT2D eigenvalue weighted by Gasteiger charge is -2.43. The largest absolute Gasteiger partial charge is 0.453 e. The van der Waals surface area contributed by atoms with Crippen LogP contribution in [0.1, 0.15) is 30.5 Å². The van der Waals surface area contributed by atoms with Crippen LogP contribution in [0, 0.1) is 6.92 Å². The summed E-state index contributed by atoms with van der Waals surface area (Å²) < 4.78 is 33.2. The van der Waals surface area contributed by atoms with Gasteiger partial charge in [-0.05, 0) is 102 Å². The SMILES string of the molecule is Cc1cc(S(=O)(=O)c2cccnc2)ccc1N1c2ccccc2C(C)(C)c2cc(N3c4ccccc4Oc4ccccc43)ccc21. The summed E-state index contributed by atoms with van der Waals surface area (Å²) in [6.45, 7) is 6.50. The maximum absolute atomic E-state index is 13.5. The Kier molecular flexibility index (Phi) is 6.31. The van der Waals surface area contributed by atoms with Crippen LogP contribution in [-0.4, -0.2) is 13.4 Å². The van der Waals surface area contributed by atoms with Gasteiger partial charge >= 0.3 is 0 Å². The normalized spacial score (nSPS) is 14.4. The van der Waals surface area contributed by atoms with E-state index < -0.39 is 9.84 Å². The van der Waals surface area contributed by atoms with E-state index in [-0.39, 0.29) is 15.2 Å². The summed E-state index contributed by atoms with van der Waals surface area (Å²) in [6, 6.07) is 39.9. The molecule has 2 aliphatic rings. The molecule has 6 aromatic rings. The summed E-state index contributed by atoms with van der Waals surface area (Å²) in [5.74, 6) is 1.62. The summed E-state index contributed by atoms with van der Waals surface area (Å²) in [7, 11) is -3.71. The lowest BCUT2D eigenvalue weighted by Crippen LogP contribution is -2.31. The van der Waals surface area contributed by atoms with Crippen LogP contribution in [0.2, 0.25) is 0 Å². The first kappa shape index (κ1) is 28.1. The van der Waals surface area contributed by atoms with Crippen molar-refractivity contribution < 1.29 is 13.2 Å². The predicted octanol–water partition coefficient (Wildman–Crippen LogP) is 9.91. The van der Waals surface area contributed by atoms with Crippen molar-refractivity contribution in [3.8, 4) is 11.5 Å². The van der Waals surface area contributed by atoms with Crippen LogP contribution >= 0.6 is 0 Å². The van der Waals surface area contributed by atoms with Crippen molar-refractivity contribution in [2.45, 2.75) is 36.0 Å². The molecule has 8 rings (SSSR count). The number of pyridine rings is 1. The van der Waals surface area contributed by atoms with Gasteiger partial charge in [0.05, 0.1) is 32.5 Å². The van der Waals surface area contributed by atoms with Crippen molar-refractivity contribution in [1.82, 2.24) is 4.98 Å². The number of benzene rings is 5. The Labute approximate surface area is 269 Å².